The first-order chi connectivity index (χ1) is 7.49. The summed E-state index contributed by atoms with van der Waals surface area (Å²) in [5.74, 6) is -0.367. The molecule has 0 spiro atoms. The highest BCUT2D eigenvalue weighted by atomic mass is 16.3. The molecule has 0 fully saturated rings. The molecule has 0 aromatic heterocycles. The number of carbonyl (C=O) groups excluding carboxylic acids is 2. The molecule has 0 aliphatic heterocycles. The molecule has 0 aliphatic carbocycles. The van der Waals surface area contributed by atoms with Crippen molar-refractivity contribution >= 4 is 11.9 Å². The fourth-order valence-electron chi connectivity index (χ4n) is 1.16. The van der Waals surface area contributed by atoms with Gasteiger partial charge in [-0.25, -0.2) is 4.79 Å². The van der Waals surface area contributed by atoms with Crippen LogP contribution in [0.15, 0.2) is 0 Å². The number of nitrogens with one attached hydrogen (secondary N) is 2. The molecule has 0 aromatic carbocycles. The fourth-order valence-corrected chi connectivity index (χ4v) is 1.16. The molecule has 0 saturated heterocycles. The van der Waals surface area contributed by atoms with E-state index in [4.69, 9.17) is 5.11 Å². The summed E-state index contributed by atoms with van der Waals surface area (Å²) in [6, 6.07) is -0.493. The number of nitrogens with zero attached hydrogens (tertiary/aromatic N) is 1. The minimum atomic E-state index is -0.486. The van der Waals surface area contributed by atoms with Gasteiger partial charge >= 0.3 is 6.03 Å². The van der Waals surface area contributed by atoms with Crippen molar-refractivity contribution in [2.24, 2.45) is 0 Å². The highest BCUT2D eigenvalue weighted by Gasteiger charge is 2.11. The molecule has 6 nitrogen and oxygen atoms in total. The van der Waals surface area contributed by atoms with E-state index in [9.17, 15) is 9.59 Å². The maximum absolute atomic E-state index is 11.4. The molecule has 0 bridgehead atoms. The van der Waals surface area contributed by atoms with Gasteiger partial charge in [-0.1, -0.05) is 6.92 Å². The lowest BCUT2D eigenvalue weighted by molar-refractivity contribution is -0.121. The van der Waals surface area contributed by atoms with Crippen LogP contribution in [-0.2, 0) is 4.79 Å². The Balaban J connectivity index is 3.92. The lowest BCUT2D eigenvalue weighted by Crippen LogP contribution is -2.46. The fraction of sp³-hybridized carbons (Fsp3) is 0.800. The Hall–Kier alpha value is -1.14. The van der Waals surface area contributed by atoms with Gasteiger partial charge in [0.1, 0.15) is 0 Å². The van der Waals surface area contributed by atoms with Crippen molar-refractivity contribution in [1.82, 2.24) is 15.5 Å². The largest absolute Gasteiger partial charge is 0.395 e. The molecule has 0 rings (SSSR count). The van der Waals surface area contributed by atoms with Crippen molar-refractivity contribution < 1.29 is 14.7 Å². The molecule has 0 unspecified atom stereocenters. The van der Waals surface area contributed by atoms with Gasteiger partial charge in [0.2, 0.25) is 5.91 Å². The summed E-state index contributed by atoms with van der Waals surface area (Å²) in [5, 5.41) is 13.5. The van der Waals surface area contributed by atoms with Crippen molar-refractivity contribution in [3.63, 3.8) is 0 Å². The van der Waals surface area contributed by atoms with Crippen LogP contribution in [0.3, 0.4) is 0 Å². The molecule has 0 radical (unpaired) electrons. The summed E-state index contributed by atoms with van der Waals surface area (Å²) in [5.41, 5.74) is 0. The SMILES string of the molecule is CCN(CCO)CC(=O)NC(=O)NC(C)C. The number of rotatable bonds is 6. The zero-order chi connectivity index (χ0) is 12.6. The molecule has 16 heavy (non-hydrogen) atoms. The van der Waals surface area contributed by atoms with Gasteiger partial charge in [-0.3, -0.25) is 15.0 Å². The second kappa shape index (κ2) is 8.06. The highest BCUT2D eigenvalue weighted by molar-refractivity contribution is 5.95. The predicted molar refractivity (Wildman–Crippen MR) is 61.0 cm³/mol. The van der Waals surface area contributed by atoms with Gasteiger partial charge in [0.15, 0.2) is 0 Å². The van der Waals surface area contributed by atoms with Crippen LogP contribution in [0.4, 0.5) is 4.79 Å². The average molecular weight is 231 g/mol. The first kappa shape index (κ1) is 14.9. The van der Waals surface area contributed by atoms with Crippen LogP contribution in [0.25, 0.3) is 0 Å². The molecule has 0 aliphatic rings. The molecular weight excluding hydrogens is 210 g/mol. The number of hydrogen-bond acceptors (Lipinski definition) is 4. The van der Waals surface area contributed by atoms with Crippen molar-refractivity contribution in [2.45, 2.75) is 26.8 Å². The summed E-state index contributed by atoms with van der Waals surface area (Å²) in [7, 11) is 0. The van der Waals surface area contributed by atoms with Crippen LogP contribution in [-0.4, -0.2) is 54.2 Å². The van der Waals surface area contributed by atoms with Gasteiger partial charge in [-0.2, -0.15) is 0 Å². The number of amides is 3. The second-order valence-corrected chi connectivity index (χ2v) is 3.77. The smallest absolute Gasteiger partial charge is 0.321 e. The van der Waals surface area contributed by atoms with Gasteiger partial charge in [0, 0.05) is 12.6 Å². The standard InChI is InChI=1S/C10H21N3O3/c1-4-13(5-6-14)7-9(15)12-10(16)11-8(2)3/h8,14H,4-7H2,1-3H3,(H2,11,12,15,16). The van der Waals surface area contributed by atoms with E-state index in [0.29, 0.717) is 13.1 Å². The minimum Gasteiger partial charge on any atom is -0.395 e. The van der Waals surface area contributed by atoms with Gasteiger partial charge in [0.25, 0.3) is 0 Å². The first-order valence-electron chi connectivity index (χ1n) is 5.43. The number of urea groups is 1. The van der Waals surface area contributed by atoms with Crippen LogP contribution in [0.1, 0.15) is 20.8 Å². The number of imide groups is 1. The highest BCUT2D eigenvalue weighted by Crippen LogP contribution is 1.86. The normalized spacial score (nSPS) is 10.6. The summed E-state index contributed by atoms with van der Waals surface area (Å²) in [6.07, 6.45) is 0. The summed E-state index contributed by atoms with van der Waals surface area (Å²) < 4.78 is 0. The zero-order valence-electron chi connectivity index (χ0n) is 10.1. The van der Waals surface area contributed by atoms with Crippen molar-refractivity contribution in [2.75, 3.05) is 26.2 Å². The quantitative estimate of drug-likeness (QED) is 0.577. The Labute approximate surface area is 96.0 Å². The van der Waals surface area contributed by atoms with Crippen LogP contribution in [0, 0.1) is 0 Å². The number of hydrogen-bond donors (Lipinski definition) is 3. The third-order valence-electron chi connectivity index (χ3n) is 1.90. The molecule has 0 heterocycles. The number of aliphatic hydroxyl groups excluding tert-OH is 1. The lowest BCUT2D eigenvalue weighted by atomic mass is 10.4. The van der Waals surface area contributed by atoms with Gasteiger partial charge in [-0.05, 0) is 20.4 Å². The summed E-state index contributed by atoms with van der Waals surface area (Å²) in [6.45, 7) is 6.71. The van der Waals surface area contributed by atoms with Crippen molar-refractivity contribution in [1.29, 1.82) is 0 Å². The average Bonchev–Trinajstić information content (AvgIpc) is 2.15. The van der Waals surface area contributed by atoms with Crippen LogP contribution in [0.5, 0.6) is 0 Å². The zero-order valence-corrected chi connectivity index (χ0v) is 10.1. The van der Waals surface area contributed by atoms with Crippen LogP contribution >= 0.6 is 0 Å². The Morgan fingerprint density at radius 1 is 1.38 bits per heavy atom. The number of aliphatic hydroxyl groups is 1. The van der Waals surface area contributed by atoms with Gasteiger partial charge in [0.05, 0.1) is 13.2 Å². The maximum Gasteiger partial charge on any atom is 0.321 e. The second-order valence-electron chi connectivity index (χ2n) is 3.77. The van der Waals surface area contributed by atoms with Gasteiger partial charge < -0.3 is 10.4 Å². The van der Waals surface area contributed by atoms with E-state index in [2.05, 4.69) is 10.6 Å². The summed E-state index contributed by atoms with van der Waals surface area (Å²) >= 11 is 0. The lowest BCUT2D eigenvalue weighted by Gasteiger charge is -2.18. The van der Waals surface area contributed by atoms with E-state index in [1.165, 1.54) is 0 Å². The molecular formula is C10H21N3O3. The Morgan fingerprint density at radius 2 is 2.00 bits per heavy atom. The van der Waals surface area contributed by atoms with Crippen LogP contribution < -0.4 is 10.6 Å². The summed E-state index contributed by atoms with van der Waals surface area (Å²) in [4.78, 5) is 24.3. The van der Waals surface area contributed by atoms with Crippen LogP contribution in [0.2, 0.25) is 0 Å². The van der Waals surface area contributed by atoms with E-state index in [1.807, 2.05) is 20.8 Å². The van der Waals surface area contributed by atoms with E-state index >= 15 is 0 Å². The Bertz CT molecular complexity index is 231. The molecule has 6 heteroatoms. The topological polar surface area (TPSA) is 81.7 Å². The molecule has 0 saturated carbocycles. The minimum absolute atomic E-state index is 0.000684. The third kappa shape index (κ3) is 7.19. The molecule has 3 amide bonds. The number of carbonyl (C=O) groups is 2. The van der Waals surface area contributed by atoms with E-state index in [0.717, 1.165) is 0 Å². The number of likely N-dealkylation sites (N-methyl/N-ethyl adjacent to an activating group) is 1. The molecule has 94 valence electrons. The molecule has 0 aromatic rings. The first-order valence-corrected chi connectivity index (χ1v) is 5.43. The van der Waals surface area contributed by atoms with E-state index < -0.39 is 6.03 Å². The molecule has 3 N–H and O–H groups in total. The predicted octanol–water partition coefficient (Wildman–Crippen LogP) is -0.465. The molecule has 0 atom stereocenters. The third-order valence-corrected chi connectivity index (χ3v) is 1.90. The maximum atomic E-state index is 11.4. The Morgan fingerprint density at radius 3 is 2.44 bits per heavy atom. The Kier molecular flexibility index (Phi) is 7.49. The van der Waals surface area contributed by atoms with Crippen molar-refractivity contribution in [3.05, 3.63) is 0 Å². The monoisotopic (exact) mass is 231 g/mol. The van der Waals surface area contributed by atoms with E-state index in [-0.39, 0.29) is 25.1 Å². The van der Waals surface area contributed by atoms with Gasteiger partial charge in [-0.15, -0.1) is 0 Å². The van der Waals surface area contributed by atoms with Crippen molar-refractivity contribution in [3.8, 4) is 0 Å². The van der Waals surface area contributed by atoms with E-state index in [1.54, 1.807) is 4.90 Å².